The van der Waals surface area contributed by atoms with E-state index in [1.807, 2.05) is 18.2 Å². The summed E-state index contributed by atoms with van der Waals surface area (Å²) in [5, 5.41) is 17.5. The van der Waals surface area contributed by atoms with Crippen molar-refractivity contribution < 1.29 is 0 Å². The van der Waals surface area contributed by atoms with Gasteiger partial charge >= 0.3 is 0 Å². The van der Waals surface area contributed by atoms with Crippen LogP contribution in [-0.4, -0.2) is 15.0 Å². The molecule has 0 N–H and O–H groups in total. The van der Waals surface area contributed by atoms with E-state index in [2.05, 4.69) is 60.6 Å². The van der Waals surface area contributed by atoms with E-state index in [9.17, 15) is 5.26 Å². The minimum absolute atomic E-state index is 0.403. The Kier molecular flexibility index (Phi) is 4.20. The number of benzene rings is 2. The highest BCUT2D eigenvalue weighted by Gasteiger charge is 2.14. The number of hydrogen-bond acceptors (Lipinski definition) is 3. The van der Waals surface area contributed by atoms with E-state index < -0.39 is 0 Å². The van der Waals surface area contributed by atoms with Crippen LogP contribution in [0.25, 0.3) is 5.69 Å². The molecule has 3 aromatic rings. The number of rotatable bonds is 4. The maximum absolute atomic E-state index is 9.32. The van der Waals surface area contributed by atoms with Crippen molar-refractivity contribution in [1.29, 1.82) is 5.26 Å². The van der Waals surface area contributed by atoms with Crippen LogP contribution >= 0.6 is 0 Å². The van der Waals surface area contributed by atoms with Gasteiger partial charge in [-0.2, -0.15) is 5.26 Å². The lowest BCUT2D eigenvalue weighted by Crippen LogP contribution is -2.05. The van der Waals surface area contributed by atoms with E-state index in [0.29, 0.717) is 5.69 Å². The lowest BCUT2D eigenvalue weighted by atomic mass is 10.1. The summed E-state index contributed by atoms with van der Waals surface area (Å²) in [6.45, 7) is 4.12. The Morgan fingerprint density at radius 2 is 1.70 bits per heavy atom. The number of hydrogen-bond donors (Lipinski definition) is 0. The molecule has 4 nitrogen and oxygen atoms in total. The third kappa shape index (κ3) is 3.29. The molecular weight excluding hydrogens is 284 g/mol. The van der Waals surface area contributed by atoms with Gasteiger partial charge in [-0.15, -0.1) is 5.10 Å². The first-order valence-corrected chi connectivity index (χ1v) is 7.64. The van der Waals surface area contributed by atoms with Crippen LogP contribution in [0.3, 0.4) is 0 Å². The number of aromatic nitrogens is 3. The predicted molar refractivity (Wildman–Crippen MR) is 89.4 cm³/mol. The first kappa shape index (κ1) is 15.0. The molecular formula is C19H18N4. The molecule has 0 aliphatic rings. The average molecular weight is 302 g/mol. The summed E-state index contributed by atoms with van der Waals surface area (Å²) in [6, 6.07) is 18.7. The van der Waals surface area contributed by atoms with Crippen LogP contribution in [0.2, 0.25) is 0 Å². The van der Waals surface area contributed by atoms with E-state index in [1.165, 1.54) is 16.7 Å². The summed E-state index contributed by atoms with van der Waals surface area (Å²) in [5.74, 6) is 0. The van der Waals surface area contributed by atoms with E-state index >= 15 is 0 Å². The SMILES string of the molecule is Cc1cc(C)cc(-n2nnc(C#N)c2CCc2ccccc2)c1. The summed E-state index contributed by atoms with van der Waals surface area (Å²) in [5.41, 5.74) is 5.80. The van der Waals surface area contributed by atoms with Crippen molar-refractivity contribution in [2.75, 3.05) is 0 Å². The molecule has 0 fully saturated rings. The summed E-state index contributed by atoms with van der Waals surface area (Å²) in [7, 11) is 0. The fourth-order valence-electron chi connectivity index (χ4n) is 2.80. The van der Waals surface area contributed by atoms with Gasteiger partial charge in [0.2, 0.25) is 0 Å². The Morgan fingerprint density at radius 3 is 2.35 bits per heavy atom. The largest absolute Gasteiger partial charge is 0.216 e. The van der Waals surface area contributed by atoms with Gasteiger partial charge in [0, 0.05) is 0 Å². The third-order valence-electron chi connectivity index (χ3n) is 3.81. The Morgan fingerprint density at radius 1 is 1.00 bits per heavy atom. The highest BCUT2D eigenvalue weighted by Crippen LogP contribution is 2.18. The minimum atomic E-state index is 0.403. The predicted octanol–water partition coefficient (Wildman–Crippen LogP) is 3.54. The molecule has 0 saturated heterocycles. The highest BCUT2D eigenvalue weighted by atomic mass is 15.4. The summed E-state index contributed by atoms with van der Waals surface area (Å²) >= 11 is 0. The lowest BCUT2D eigenvalue weighted by molar-refractivity contribution is 0.751. The smallest absolute Gasteiger partial charge is 0.186 e. The van der Waals surface area contributed by atoms with Gasteiger partial charge in [-0.3, -0.25) is 0 Å². The molecule has 0 aliphatic carbocycles. The van der Waals surface area contributed by atoms with Crippen LogP contribution in [0, 0.1) is 25.2 Å². The maximum atomic E-state index is 9.32. The van der Waals surface area contributed by atoms with Gasteiger partial charge in [-0.25, -0.2) is 4.68 Å². The molecule has 0 spiro atoms. The second kappa shape index (κ2) is 6.45. The van der Waals surface area contributed by atoms with Gasteiger partial charge in [0.25, 0.3) is 0 Å². The van der Waals surface area contributed by atoms with Crippen molar-refractivity contribution in [2.45, 2.75) is 26.7 Å². The van der Waals surface area contributed by atoms with Crippen LogP contribution in [0.15, 0.2) is 48.5 Å². The Hall–Kier alpha value is -2.93. The van der Waals surface area contributed by atoms with Crippen molar-refractivity contribution in [3.8, 4) is 11.8 Å². The van der Waals surface area contributed by atoms with Gasteiger partial charge in [0.1, 0.15) is 6.07 Å². The van der Waals surface area contributed by atoms with Gasteiger partial charge in [-0.1, -0.05) is 41.6 Å². The Balaban J connectivity index is 1.96. The Labute approximate surface area is 136 Å². The van der Waals surface area contributed by atoms with E-state index in [-0.39, 0.29) is 0 Å². The molecule has 1 heterocycles. The van der Waals surface area contributed by atoms with E-state index in [0.717, 1.165) is 24.2 Å². The molecule has 0 radical (unpaired) electrons. The van der Waals surface area contributed by atoms with E-state index in [4.69, 9.17) is 0 Å². The quantitative estimate of drug-likeness (QED) is 0.740. The van der Waals surface area contributed by atoms with Gasteiger partial charge in [0.05, 0.1) is 11.4 Å². The van der Waals surface area contributed by atoms with Crippen molar-refractivity contribution in [2.24, 2.45) is 0 Å². The molecule has 114 valence electrons. The molecule has 4 heteroatoms. The van der Waals surface area contributed by atoms with Crippen molar-refractivity contribution in [3.63, 3.8) is 0 Å². The molecule has 1 aromatic heterocycles. The second-order valence-electron chi connectivity index (χ2n) is 5.74. The monoisotopic (exact) mass is 302 g/mol. The Bertz CT molecular complexity index is 837. The summed E-state index contributed by atoms with van der Waals surface area (Å²) in [4.78, 5) is 0. The topological polar surface area (TPSA) is 54.5 Å². The fourth-order valence-corrected chi connectivity index (χ4v) is 2.80. The summed E-state index contributed by atoms with van der Waals surface area (Å²) < 4.78 is 1.79. The first-order valence-electron chi connectivity index (χ1n) is 7.64. The molecule has 23 heavy (non-hydrogen) atoms. The third-order valence-corrected chi connectivity index (χ3v) is 3.81. The zero-order valence-corrected chi connectivity index (χ0v) is 13.3. The second-order valence-corrected chi connectivity index (χ2v) is 5.74. The minimum Gasteiger partial charge on any atom is -0.216 e. The van der Waals surface area contributed by atoms with Crippen LogP contribution < -0.4 is 0 Å². The van der Waals surface area contributed by atoms with Crippen molar-refractivity contribution >= 4 is 0 Å². The molecule has 2 aromatic carbocycles. The number of nitriles is 1. The zero-order chi connectivity index (χ0) is 16.2. The normalized spacial score (nSPS) is 10.5. The zero-order valence-electron chi connectivity index (χ0n) is 13.3. The molecule has 0 unspecified atom stereocenters. The van der Waals surface area contributed by atoms with Crippen molar-refractivity contribution in [1.82, 2.24) is 15.0 Å². The lowest BCUT2D eigenvalue weighted by Gasteiger charge is -2.09. The molecule has 3 rings (SSSR count). The van der Waals surface area contributed by atoms with Gasteiger partial charge in [0.15, 0.2) is 5.69 Å². The number of nitrogens with zero attached hydrogens (tertiary/aromatic N) is 4. The van der Waals surface area contributed by atoms with Gasteiger partial charge in [-0.05, 0) is 55.5 Å². The molecule has 0 bridgehead atoms. The molecule has 0 atom stereocenters. The highest BCUT2D eigenvalue weighted by molar-refractivity contribution is 5.42. The van der Waals surface area contributed by atoms with Gasteiger partial charge < -0.3 is 0 Å². The van der Waals surface area contributed by atoms with Crippen molar-refractivity contribution in [3.05, 3.63) is 76.6 Å². The molecule has 0 aliphatic heterocycles. The van der Waals surface area contributed by atoms with E-state index in [1.54, 1.807) is 4.68 Å². The first-order chi connectivity index (χ1) is 11.2. The standard InChI is InChI=1S/C19H18N4/c1-14-10-15(2)12-17(11-14)23-19(18(13-20)21-22-23)9-8-16-6-4-3-5-7-16/h3-7,10-12H,8-9H2,1-2H3. The molecule has 0 amide bonds. The summed E-state index contributed by atoms with van der Waals surface area (Å²) in [6.07, 6.45) is 1.58. The van der Waals surface area contributed by atoms with Crippen LogP contribution in [-0.2, 0) is 12.8 Å². The number of aryl methyl sites for hydroxylation is 3. The van der Waals surface area contributed by atoms with Crippen LogP contribution in [0.1, 0.15) is 28.1 Å². The van der Waals surface area contributed by atoms with Crippen LogP contribution in [0.5, 0.6) is 0 Å². The molecule has 0 saturated carbocycles. The maximum Gasteiger partial charge on any atom is 0.186 e. The van der Waals surface area contributed by atoms with Crippen LogP contribution in [0.4, 0.5) is 0 Å². The fraction of sp³-hybridized carbons (Fsp3) is 0.211. The average Bonchev–Trinajstić information content (AvgIpc) is 2.96.